The minimum Gasteiger partial charge on any atom is -0.404 e. The SMILES string of the molecule is CCOCCC(CC)NC1CCC(C(=O)N2CCc3ncc(OC(F)(F)F)cc3C2)C1. The normalized spacial score (nSPS) is 22.3. The van der Waals surface area contributed by atoms with Crippen LogP contribution in [0.4, 0.5) is 13.2 Å². The van der Waals surface area contributed by atoms with E-state index in [0.717, 1.165) is 57.2 Å². The van der Waals surface area contributed by atoms with Crippen LogP contribution in [0.5, 0.6) is 5.75 Å². The molecule has 2 aliphatic rings. The van der Waals surface area contributed by atoms with Crippen LogP contribution in [-0.4, -0.2) is 54.0 Å². The molecular weight excluding hydrogens is 411 g/mol. The molecule has 1 aliphatic carbocycles. The number of nitrogens with zero attached hydrogens (tertiary/aromatic N) is 2. The number of hydrogen-bond donors (Lipinski definition) is 1. The van der Waals surface area contributed by atoms with Gasteiger partial charge in [-0.2, -0.15) is 0 Å². The van der Waals surface area contributed by atoms with Gasteiger partial charge >= 0.3 is 6.36 Å². The Morgan fingerprint density at radius 1 is 1.35 bits per heavy atom. The summed E-state index contributed by atoms with van der Waals surface area (Å²) in [6.07, 6.45) is 1.42. The smallest absolute Gasteiger partial charge is 0.404 e. The number of amides is 1. The molecule has 9 heteroatoms. The Hall–Kier alpha value is -1.87. The highest BCUT2D eigenvalue weighted by Crippen LogP contribution is 2.31. The highest BCUT2D eigenvalue weighted by molar-refractivity contribution is 5.79. The quantitative estimate of drug-likeness (QED) is 0.588. The zero-order valence-electron chi connectivity index (χ0n) is 18.2. The van der Waals surface area contributed by atoms with E-state index < -0.39 is 6.36 Å². The summed E-state index contributed by atoms with van der Waals surface area (Å²) in [5.41, 5.74) is 1.35. The molecule has 1 N–H and O–H groups in total. The van der Waals surface area contributed by atoms with Crippen LogP contribution in [0.2, 0.25) is 0 Å². The predicted molar refractivity (Wildman–Crippen MR) is 109 cm³/mol. The first-order valence-corrected chi connectivity index (χ1v) is 11.1. The molecule has 1 aromatic heterocycles. The maximum Gasteiger partial charge on any atom is 0.573 e. The van der Waals surface area contributed by atoms with E-state index in [2.05, 4.69) is 22.0 Å². The molecule has 0 radical (unpaired) electrons. The van der Waals surface area contributed by atoms with Crippen LogP contribution in [0, 0.1) is 5.92 Å². The van der Waals surface area contributed by atoms with Crippen LogP contribution in [-0.2, 0) is 22.5 Å². The second-order valence-electron chi connectivity index (χ2n) is 8.30. The van der Waals surface area contributed by atoms with Crippen molar-refractivity contribution in [2.45, 2.75) is 77.4 Å². The van der Waals surface area contributed by atoms with Gasteiger partial charge in [0.25, 0.3) is 0 Å². The third-order valence-corrected chi connectivity index (χ3v) is 6.12. The Morgan fingerprint density at radius 3 is 2.87 bits per heavy atom. The lowest BCUT2D eigenvalue weighted by Gasteiger charge is -2.30. The second kappa shape index (κ2) is 10.6. The number of ether oxygens (including phenoxy) is 2. The number of hydrogen-bond acceptors (Lipinski definition) is 5. The zero-order chi connectivity index (χ0) is 22.4. The van der Waals surface area contributed by atoms with Gasteiger partial charge in [-0.05, 0) is 50.7 Å². The molecule has 0 saturated heterocycles. The summed E-state index contributed by atoms with van der Waals surface area (Å²) in [6, 6.07) is 2.04. The first kappa shape index (κ1) is 23.8. The van der Waals surface area contributed by atoms with Crippen molar-refractivity contribution in [2.75, 3.05) is 19.8 Å². The zero-order valence-corrected chi connectivity index (χ0v) is 18.2. The number of pyridine rings is 1. The number of aromatic nitrogens is 1. The van der Waals surface area contributed by atoms with Gasteiger partial charge in [-0.15, -0.1) is 13.2 Å². The number of fused-ring (bicyclic) bond motifs is 1. The van der Waals surface area contributed by atoms with E-state index in [-0.39, 0.29) is 24.1 Å². The Bertz CT molecular complexity index is 744. The van der Waals surface area contributed by atoms with E-state index in [1.807, 2.05) is 6.92 Å². The van der Waals surface area contributed by atoms with Gasteiger partial charge in [0, 0.05) is 56.4 Å². The Kier molecular flexibility index (Phi) is 8.16. The van der Waals surface area contributed by atoms with Crippen LogP contribution in [0.25, 0.3) is 0 Å². The van der Waals surface area contributed by atoms with Crippen molar-refractivity contribution in [1.82, 2.24) is 15.2 Å². The number of carbonyl (C=O) groups excluding carboxylic acids is 1. The van der Waals surface area contributed by atoms with Gasteiger partial charge in [0.2, 0.25) is 5.91 Å². The fourth-order valence-corrected chi connectivity index (χ4v) is 4.51. The molecular formula is C22H32F3N3O3. The molecule has 1 aromatic rings. The Balaban J connectivity index is 1.54. The van der Waals surface area contributed by atoms with E-state index in [1.165, 1.54) is 6.07 Å². The molecule has 31 heavy (non-hydrogen) atoms. The van der Waals surface area contributed by atoms with Crippen molar-refractivity contribution in [3.05, 3.63) is 23.5 Å². The monoisotopic (exact) mass is 443 g/mol. The highest BCUT2D eigenvalue weighted by Gasteiger charge is 2.35. The van der Waals surface area contributed by atoms with Crippen molar-refractivity contribution in [2.24, 2.45) is 5.92 Å². The van der Waals surface area contributed by atoms with E-state index in [0.29, 0.717) is 30.6 Å². The average Bonchev–Trinajstić information content (AvgIpc) is 3.19. The maximum absolute atomic E-state index is 13.1. The van der Waals surface area contributed by atoms with Gasteiger partial charge in [-0.3, -0.25) is 9.78 Å². The topological polar surface area (TPSA) is 63.7 Å². The molecule has 1 fully saturated rings. The molecule has 1 aliphatic heterocycles. The van der Waals surface area contributed by atoms with Gasteiger partial charge in [0.15, 0.2) is 0 Å². The number of rotatable bonds is 9. The van der Waals surface area contributed by atoms with Crippen molar-refractivity contribution < 1.29 is 27.4 Å². The van der Waals surface area contributed by atoms with E-state index in [9.17, 15) is 18.0 Å². The lowest BCUT2D eigenvalue weighted by Crippen LogP contribution is -2.41. The first-order chi connectivity index (χ1) is 14.8. The third kappa shape index (κ3) is 6.80. The standard InChI is InChI=1S/C22H32F3N3O3/c1-3-17(8-10-30-4-2)27-18-6-5-15(11-18)21(29)28-9-7-20-16(14-28)12-19(13-26-20)31-22(23,24)25/h12-13,15,17-18,27H,3-11,14H2,1-2H3. The predicted octanol–water partition coefficient (Wildman–Crippen LogP) is 3.83. The molecule has 0 bridgehead atoms. The third-order valence-electron chi connectivity index (χ3n) is 6.12. The number of alkyl halides is 3. The lowest BCUT2D eigenvalue weighted by atomic mass is 10.0. The average molecular weight is 444 g/mol. The molecule has 0 spiro atoms. The van der Waals surface area contributed by atoms with Gasteiger partial charge in [-0.1, -0.05) is 6.92 Å². The van der Waals surface area contributed by atoms with Crippen LogP contribution in [0.3, 0.4) is 0 Å². The van der Waals surface area contributed by atoms with Gasteiger partial charge in [-0.25, -0.2) is 0 Å². The van der Waals surface area contributed by atoms with Crippen LogP contribution in [0.1, 0.15) is 57.2 Å². The molecule has 3 unspecified atom stereocenters. The molecule has 174 valence electrons. The van der Waals surface area contributed by atoms with Gasteiger partial charge in [0.1, 0.15) is 5.75 Å². The largest absolute Gasteiger partial charge is 0.573 e. The van der Waals surface area contributed by atoms with Crippen LogP contribution < -0.4 is 10.1 Å². The minimum atomic E-state index is -4.76. The van der Waals surface area contributed by atoms with Crippen molar-refractivity contribution in [3.8, 4) is 5.75 Å². The Labute approximate surface area is 181 Å². The van der Waals surface area contributed by atoms with Gasteiger partial charge < -0.3 is 19.7 Å². The molecule has 0 aromatic carbocycles. The van der Waals surface area contributed by atoms with Crippen LogP contribution >= 0.6 is 0 Å². The number of halogens is 3. The summed E-state index contributed by atoms with van der Waals surface area (Å²) in [6.45, 7) is 6.40. The van der Waals surface area contributed by atoms with E-state index >= 15 is 0 Å². The number of nitrogens with one attached hydrogen (secondary N) is 1. The molecule has 1 saturated carbocycles. The summed E-state index contributed by atoms with van der Waals surface area (Å²) in [4.78, 5) is 18.9. The molecule has 1 amide bonds. The van der Waals surface area contributed by atoms with E-state index in [4.69, 9.17) is 4.74 Å². The molecule has 6 nitrogen and oxygen atoms in total. The fourth-order valence-electron chi connectivity index (χ4n) is 4.51. The van der Waals surface area contributed by atoms with Crippen molar-refractivity contribution in [3.63, 3.8) is 0 Å². The van der Waals surface area contributed by atoms with Crippen molar-refractivity contribution in [1.29, 1.82) is 0 Å². The fraction of sp³-hybridized carbons (Fsp3) is 0.727. The molecule has 3 rings (SSSR count). The van der Waals surface area contributed by atoms with Crippen molar-refractivity contribution >= 4 is 5.91 Å². The number of carbonyl (C=O) groups is 1. The summed E-state index contributed by atoms with van der Waals surface area (Å²) in [7, 11) is 0. The van der Waals surface area contributed by atoms with Gasteiger partial charge in [0.05, 0.1) is 6.20 Å². The Morgan fingerprint density at radius 2 is 2.16 bits per heavy atom. The lowest BCUT2D eigenvalue weighted by molar-refractivity contribution is -0.274. The van der Waals surface area contributed by atoms with Crippen LogP contribution in [0.15, 0.2) is 12.3 Å². The minimum absolute atomic E-state index is 0.0500. The molecule has 3 atom stereocenters. The summed E-state index contributed by atoms with van der Waals surface area (Å²) >= 11 is 0. The first-order valence-electron chi connectivity index (χ1n) is 11.1. The maximum atomic E-state index is 13.1. The summed E-state index contributed by atoms with van der Waals surface area (Å²) < 4.78 is 46.9. The molecule has 2 heterocycles. The summed E-state index contributed by atoms with van der Waals surface area (Å²) in [5.74, 6) is -0.311. The second-order valence-corrected chi connectivity index (χ2v) is 8.30. The summed E-state index contributed by atoms with van der Waals surface area (Å²) in [5, 5.41) is 3.67. The highest BCUT2D eigenvalue weighted by atomic mass is 19.4. The van der Waals surface area contributed by atoms with E-state index in [1.54, 1.807) is 4.90 Å².